The van der Waals surface area contributed by atoms with Gasteiger partial charge in [-0.3, -0.25) is 4.90 Å². The number of ether oxygens (including phenoxy) is 2. The van der Waals surface area contributed by atoms with Gasteiger partial charge in [0.1, 0.15) is 5.82 Å². The average Bonchev–Trinajstić information content (AvgIpc) is 2.56. The standard InChI is InChI=1S/C19H22FNO2/c1-12-9-14-10-17(22-3)18(23-4)11-16(14)19(21(12)2)13-5-7-15(20)8-6-13/h5-8,10-12,19H,9H2,1-4H3. The van der Waals surface area contributed by atoms with E-state index < -0.39 is 0 Å². The third-order valence-electron chi connectivity index (χ3n) is 4.74. The number of nitrogens with zero attached hydrogens (tertiary/aromatic N) is 1. The van der Waals surface area contributed by atoms with Crippen LogP contribution in [0.5, 0.6) is 11.5 Å². The van der Waals surface area contributed by atoms with Gasteiger partial charge in [-0.15, -0.1) is 0 Å². The molecular weight excluding hydrogens is 293 g/mol. The summed E-state index contributed by atoms with van der Waals surface area (Å²) in [5, 5.41) is 0. The Balaban J connectivity index is 2.15. The second-order valence-electron chi connectivity index (χ2n) is 6.08. The molecule has 0 amide bonds. The lowest BCUT2D eigenvalue weighted by Gasteiger charge is -2.40. The quantitative estimate of drug-likeness (QED) is 0.860. The van der Waals surface area contributed by atoms with Gasteiger partial charge in [0.05, 0.1) is 20.3 Å². The zero-order valence-corrected chi connectivity index (χ0v) is 14.0. The van der Waals surface area contributed by atoms with E-state index in [-0.39, 0.29) is 11.9 Å². The van der Waals surface area contributed by atoms with Gasteiger partial charge >= 0.3 is 0 Å². The van der Waals surface area contributed by atoms with Crippen LogP contribution in [0.25, 0.3) is 0 Å². The first kappa shape index (κ1) is 15.8. The molecule has 2 atom stereocenters. The molecule has 0 saturated heterocycles. The van der Waals surface area contributed by atoms with Gasteiger partial charge in [0.15, 0.2) is 11.5 Å². The molecule has 23 heavy (non-hydrogen) atoms. The van der Waals surface area contributed by atoms with Crippen LogP contribution >= 0.6 is 0 Å². The molecule has 3 rings (SSSR count). The van der Waals surface area contributed by atoms with Crippen LogP contribution < -0.4 is 9.47 Å². The Morgan fingerprint density at radius 2 is 1.65 bits per heavy atom. The summed E-state index contributed by atoms with van der Waals surface area (Å²) in [5.41, 5.74) is 3.52. The van der Waals surface area contributed by atoms with Crippen molar-refractivity contribution < 1.29 is 13.9 Å². The van der Waals surface area contributed by atoms with E-state index in [0.717, 1.165) is 23.5 Å². The lowest BCUT2D eigenvalue weighted by Crippen LogP contribution is -2.39. The van der Waals surface area contributed by atoms with Crippen molar-refractivity contribution in [1.82, 2.24) is 4.90 Å². The van der Waals surface area contributed by atoms with Gasteiger partial charge in [0, 0.05) is 6.04 Å². The van der Waals surface area contributed by atoms with E-state index in [0.29, 0.717) is 6.04 Å². The van der Waals surface area contributed by atoms with Crippen molar-refractivity contribution in [3.63, 3.8) is 0 Å². The maximum absolute atomic E-state index is 13.3. The minimum absolute atomic E-state index is 0.0779. The van der Waals surface area contributed by atoms with Gasteiger partial charge in [-0.05, 0) is 61.3 Å². The first-order chi connectivity index (χ1) is 11.0. The minimum atomic E-state index is -0.215. The summed E-state index contributed by atoms with van der Waals surface area (Å²) in [5.74, 6) is 1.26. The predicted octanol–water partition coefficient (Wildman–Crippen LogP) is 3.81. The first-order valence-electron chi connectivity index (χ1n) is 7.77. The van der Waals surface area contributed by atoms with Gasteiger partial charge in [0.2, 0.25) is 0 Å². The van der Waals surface area contributed by atoms with E-state index in [1.165, 1.54) is 23.3 Å². The van der Waals surface area contributed by atoms with Gasteiger partial charge in [0.25, 0.3) is 0 Å². The summed E-state index contributed by atoms with van der Waals surface area (Å²) in [7, 11) is 5.41. The molecular formula is C19H22FNO2. The maximum atomic E-state index is 13.3. The highest BCUT2D eigenvalue weighted by atomic mass is 19.1. The average molecular weight is 315 g/mol. The molecule has 1 aliphatic rings. The Bertz CT molecular complexity index is 699. The van der Waals surface area contributed by atoms with Crippen LogP contribution in [-0.4, -0.2) is 32.2 Å². The third-order valence-corrected chi connectivity index (χ3v) is 4.74. The molecule has 4 heteroatoms. The smallest absolute Gasteiger partial charge is 0.161 e. The Morgan fingerprint density at radius 1 is 1.04 bits per heavy atom. The van der Waals surface area contributed by atoms with Crippen molar-refractivity contribution in [3.05, 3.63) is 58.9 Å². The summed E-state index contributed by atoms with van der Waals surface area (Å²) in [6.45, 7) is 2.20. The maximum Gasteiger partial charge on any atom is 0.161 e. The second kappa shape index (κ2) is 6.20. The number of hydrogen-bond donors (Lipinski definition) is 0. The van der Waals surface area contributed by atoms with E-state index in [9.17, 15) is 4.39 Å². The predicted molar refractivity (Wildman–Crippen MR) is 88.7 cm³/mol. The molecule has 0 aromatic heterocycles. The van der Waals surface area contributed by atoms with E-state index in [4.69, 9.17) is 9.47 Å². The van der Waals surface area contributed by atoms with Crippen LogP contribution in [0.2, 0.25) is 0 Å². The highest BCUT2D eigenvalue weighted by Crippen LogP contribution is 2.41. The largest absolute Gasteiger partial charge is 0.493 e. The molecule has 0 saturated carbocycles. The highest BCUT2D eigenvalue weighted by molar-refractivity contribution is 5.51. The van der Waals surface area contributed by atoms with Crippen molar-refractivity contribution in [2.75, 3.05) is 21.3 Å². The SMILES string of the molecule is COc1cc2c(cc1OC)C(c1ccc(F)cc1)N(C)C(C)C2. The minimum Gasteiger partial charge on any atom is -0.493 e. The van der Waals surface area contributed by atoms with Crippen molar-refractivity contribution >= 4 is 0 Å². The molecule has 0 spiro atoms. The fourth-order valence-electron chi connectivity index (χ4n) is 3.36. The van der Waals surface area contributed by atoms with E-state index in [1.807, 2.05) is 18.2 Å². The van der Waals surface area contributed by atoms with Crippen molar-refractivity contribution in [2.24, 2.45) is 0 Å². The molecule has 2 aromatic rings. The van der Waals surface area contributed by atoms with Crippen molar-refractivity contribution in [1.29, 1.82) is 0 Å². The molecule has 0 radical (unpaired) electrons. The summed E-state index contributed by atoms with van der Waals surface area (Å²) in [6, 6.07) is 11.3. The zero-order valence-electron chi connectivity index (χ0n) is 14.0. The monoisotopic (exact) mass is 315 g/mol. The van der Waals surface area contributed by atoms with Crippen LogP contribution in [0.3, 0.4) is 0 Å². The Labute approximate surface area is 136 Å². The first-order valence-corrected chi connectivity index (χ1v) is 7.77. The number of rotatable bonds is 3. The fourth-order valence-corrected chi connectivity index (χ4v) is 3.36. The molecule has 3 nitrogen and oxygen atoms in total. The summed E-state index contributed by atoms with van der Waals surface area (Å²) >= 11 is 0. The summed E-state index contributed by atoms with van der Waals surface area (Å²) < 4.78 is 24.2. The lowest BCUT2D eigenvalue weighted by atomic mass is 9.85. The molecule has 0 aliphatic carbocycles. The molecule has 1 aliphatic heterocycles. The lowest BCUT2D eigenvalue weighted by molar-refractivity contribution is 0.192. The molecule has 2 aromatic carbocycles. The van der Waals surface area contributed by atoms with Crippen LogP contribution in [0.1, 0.15) is 29.7 Å². The molecule has 1 heterocycles. The third kappa shape index (κ3) is 2.79. The molecule has 0 bridgehead atoms. The normalized spacial score (nSPS) is 20.9. The van der Waals surface area contributed by atoms with Gasteiger partial charge in [-0.2, -0.15) is 0 Å². The summed E-state index contributed by atoms with van der Waals surface area (Å²) in [4.78, 5) is 2.32. The molecule has 0 N–H and O–H groups in total. The van der Waals surface area contributed by atoms with E-state index >= 15 is 0 Å². The van der Waals surface area contributed by atoms with Crippen LogP contribution in [0.4, 0.5) is 4.39 Å². The number of likely N-dealkylation sites (N-methyl/N-ethyl adjacent to an activating group) is 1. The summed E-state index contributed by atoms with van der Waals surface area (Å²) in [6.07, 6.45) is 0.948. The van der Waals surface area contributed by atoms with Crippen molar-refractivity contribution in [3.8, 4) is 11.5 Å². The van der Waals surface area contributed by atoms with Crippen LogP contribution in [0, 0.1) is 5.82 Å². The van der Waals surface area contributed by atoms with Gasteiger partial charge in [-0.1, -0.05) is 12.1 Å². The highest BCUT2D eigenvalue weighted by Gasteiger charge is 2.32. The molecule has 122 valence electrons. The molecule has 2 unspecified atom stereocenters. The Kier molecular flexibility index (Phi) is 4.26. The number of methoxy groups -OCH3 is 2. The Hall–Kier alpha value is -2.07. The molecule has 0 fully saturated rings. The second-order valence-corrected chi connectivity index (χ2v) is 6.08. The van der Waals surface area contributed by atoms with E-state index in [2.05, 4.69) is 24.9 Å². The van der Waals surface area contributed by atoms with Crippen LogP contribution in [-0.2, 0) is 6.42 Å². The fraction of sp³-hybridized carbons (Fsp3) is 0.368. The van der Waals surface area contributed by atoms with Gasteiger partial charge in [-0.25, -0.2) is 4.39 Å². The van der Waals surface area contributed by atoms with Crippen LogP contribution in [0.15, 0.2) is 36.4 Å². The van der Waals surface area contributed by atoms with E-state index in [1.54, 1.807) is 14.2 Å². The number of benzene rings is 2. The van der Waals surface area contributed by atoms with Gasteiger partial charge < -0.3 is 9.47 Å². The number of hydrogen-bond acceptors (Lipinski definition) is 3. The Morgan fingerprint density at radius 3 is 2.26 bits per heavy atom. The zero-order chi connectivity index (χ0) is 16.6. The number of fused-ring (bicyclic) bond motifs is 1. The number of halogens is 1. The topological polar surface area (TPSA) is 21.7 Å². The van der Waals surface area contributed by atoms with Crippen molar-refractivity contribution in [2.45, 2.75) is 25.4 Å².